The maximum absolute atomic E-state index is 12.4. The molecule has 122 valence electrons. The van der Waals surface area contributed by atoms with E-state index in [1.54, 1.807) is 12.1 Å². The summed E-state index contributed by atoms with van der Waals surface area (Å²) in [6.45, 7) is 3.83. The fraction of sp³-hybridized carbons (Fsp3) is 0.111. The van der Waals surface area contributed by atoms with Crippen LogP contribution in [0, 0.1) is 6.92 Å². The molecule has 0 aliphatic carbocycles. The second-order valence-corrected chi connectivity index (χ2v) is 6.94. The van der Waals surface area contributed by atoms with Crippen molar-refractivity contribution in [2.24, 2.45) is 5.10 Å². The van der Waals surface area contributed by atoms with E-state index < -0.39 is 0 Å². The van der Waals surface area contributed by atoms with Gasteiger partial charge in [-0.25, -0.2) is 5.43 Å². The Morgan fingerprint density at radius 2 is 1.92 bits per heavy atom. The van der Waals surface area contributed by atoms with Crippen LogP contribution in [0.1, 0.15) is 27.7 Å². The van der Waals surface area contributed by atoms with Gasteiger partial charge in [0.05, 0.1) is 10.7 Å². The molecule has 3 rings (SSSR count). The van der Waals surface area contributed by atoms with Crippen molar-refractivity contribution in [2.45, 2.75) is 13.8 Å². The lowest BCUT2D eigenvalue weighted by Gasteiger charge is -2.02. The molecule has 2 aromatic carbocycles. The van der Waals surface area contributed by atoms with Gasteiger partial charge >= 0.3 is 0 Å². The highest BCUT2D eigenvalue weighted by molar-refractivity contribution is 7.21. The van der Waals surface area contributed by atoms with Crippen LogP contribution in [-0.2, 0) is 0 Å². The van der Waals surface area contributed by atoms with Crippen LogP contribution < -0.4 is 11.2 Å². The summed E-state index contributed by atoms with van der Waals surface area (Å²) in [6.07, 6.45) is 0. The maximum Gasteiger partial charge on any atom is 0.283 e. The monoisotopic (exact) mass is 357 g/mol. The number of hydrogen-bond donors (Lipinski definition) is 2. The van der Waals surface area contributed by atoms with Gasteiger partial charge in [0, 0.05) is 15.8 Å². The number of hydrogen-bond acceptors (Lipinski definition) is 4. The van der Waals surface area contributed by atoms with Gasteiger partial charge in [-0.3, -0.25) is 4.79 Å². The first-order valence-electron chi connectivity index (χ1n) is 7.35. The van der Waals surface area contributed by atoms with Crippen molar-refractivity contribution in [3.8, 4) is 0 Å². The molecule has 0 spiro atoms. The Bertz CT molecular complexity index is 945. The molecular formula is C18H16ClN3OS. The fourth-order valence-electron chi connectivity index (χ4n) is 2.29. The van der Waals surface area contributed by atoms with E-state index in [1.807, 2.05) is 44.2 Å². The van der Waals surface area contributed by atoms with Gasteiger partial charge in [0.15, 0.2) is 0 Å². The molecule has 1 aromatic heterocycles. The third kappa shape index (κ3) is 3.27. The molecule has 0 aliphatic heterocycles. The van der Waals surface area contributed by atoms with Crippen molar-refractivity contribution in [3.05, 3.63) is 63.5 Å². The summed E-state index contributed by atoms with van der Waals surface area (Å²) in [5.74, 6) is -0.311. The average molecular weight is 358 g/mol. The number of carbonyl (C=O) groups excluding carboxylic acids is 1. The molecule has 0 unspecified atom stereocenters. The highest BCUT2D eigenvalue weighted by Crippen LogP contribution is 2.35. The smallest absolute Gasteiger partial charge is 0.283 e. The first-order chi connectivity index (χ1) is 11.5. The number of hydrazone groups is 1. The first-order valence-corrected chi connectivity index (χ1v) is 8.54. The molecule has 0 fully saturated rings. The lowest BCUT2D eigenvalue weighted by Crippen LogP contribution is -2.18. The van der Waals surface area contributed by atoms with E-state index in [2.05, 4.69) is 10.5 Å². The molecular weight excluding hydrogens is 342 g/mol. The maximum atomic E-state index is 12.4. The van der Waals surface area contributed by atoms with Crippen molar-refractivity contribution in [3.63, 3.8) is 0 Å². The van der Waals surface area contributed by atoms with Crippen molar-refractivity contribution in [2.75, 3.05) is 5.73 Å². The summed E-state index contributed by atoms with van der Waals surface area (Å²) in [6, 6.07) is 13.2. The molecule has 24 heavy (non-hydrogen) atoms. The predicted molar refractivity (Wildman–Crippen MR) is 102 cm³/mol. The van der Waals surface area contributed by atoms with Crippen molar-refractivity contribution in [1.29, 1.82) is 0 Å². The van der Waals surface area contributed by atoms with Crippen LogP contribution in [0.25, 0.3) is 10.1 Å². The molecule has 3 aromatic rings. The molecule has 3 N–H and O–H groups in total. The SMILES string of the molecule is CC(=NNC(=O)c1sc2cc(C)ccc2c1Cl)c1ccc(N)cc1. The lowest BCUT2D eigenvalue weighted by molar-refractivity contribution is 0.0959. The van der Waals surface area contributed by atoms with Crippen LogP contribution >= 0.6 is 22.9 Å². The molecule has 1 heterocycles. The number of nitrogens with zero attached hydrogens (tertiary/aromatic N) is 1. The second kappa shape index (κ2) is 6.63. The number of nitrogen functional groups attached to an aromatic ring is 1. The van der Waals surface area contributed by atoms with Crippen molar-refractivity contribution >= 4 is 50.3 Å². The molecule has 6 heteroatoms. The molecule has 0 atom stereocenters. The van der Waals surface area contributed by atoms with Crippen LogP contribution in [0.2, 0.25) is 5.02 Å². The Labute approximate surface area is 148 Å². The zero-order valence-corrected chi connectivity index (χ0v) is 14.8. The fourth-order valence-corrected chi connectivity index (χ4v) is 3.80. The van der Waals surface area contributed by atoms with E-state index >= 15 is 0 Å². The number of rotatable bonds is 3. The number of thiophene rings is 1. The Morgan fingerprint density at radius 1 is 1.21 bits per heavy atom. The number of nitrogens with two attached hydrogens (primary N) is 1. The Kier molecular flexibility index (Phi) is 4.55. The number of aryl methyl sites for hydroxylation is 1. The number of benzene rings is 2. The van der Waals surface area contributed by atoms with E-state index in [-0.39, 0.29) is 5.91 Å². The lowest BCUT2D eigenvalue weighted by atomic mass is 10.1. The second-order valence-electron chi connectivity index (χ2n) is 5.50. The third-order valence-corrected chi connectivity index (χ3v) is 5.30. The molecule has 0 radical (unpaired) electrons. The Balaban J connectivity index is 1.83. The van der Waals surface area contributed by atoms with Crippen LogP contribution in [-0.4, -0.2) is 11.6 Å². The molecule has 0 saturated carbocycles. The minimum Gasteiger partial charge on any atom is -0.399 e. The summed E-state index contributed by atoms with van der Waals surface area (Å²) in [4.78, 5) is 12.9. The molecule has 0 aliphatic rings. The van der Waals surface area contributed by atoms with Gasteiger partial charge in [-0.2, -0.15) is 5.10 Å². The quantitative estimate of drug-likeness (QED) is 0.408. The first kappa shape index (κ1) is 16.5. The summed E-state index contributed by atoms with van der Waals surface area (Å²) >= 11 is 7.71. The summed E-state index contributed by atoms with van der Waals surface area (Å²) in [5, 5.41) is 5.50. The number of anilines is 1. The largest absolute Gasteiger partial charge is 0.399 e. The van der Waals surface area contributed by atoms with Crippen molar-refractivity contribution < 1.29 is 4.79 Å². The zero-order chi connectivity index (χ0) is 17.3. The number of halogens is 1. The number of fused-ring (bicyclic) bond motifs is 1. The minimum atomic E-state index is -0.311. The Hall–Kier alpha value is -2.37. The van der Waals surface area contributed by atoms with Gasteiger partial charge in [0.1, 0.15) is 4.88 Å². The van der Waals surface area contributed by atoms with Gasteiger partial charge in [-0.05, 0) is 43.2 Å². The van der Waals surface area contributed by atoms with Gasteiger partial charge in [0.25, 0.3) is 5.91 Å². The van der Waals surface area contributed by atoms with Crippen LogP contribution in [0.5, 0.6) is 0 Å². The topological polar surface area (TPSA) is 67.5 Å². The highest BCUT2D eigenvalue weighted by atomic mass is 35.5. The summed E-state index contributed by atoms with van der Waals surface area (Å²) < 4.78 is 0.990. The number of nitrogens with one attached hydrogen (secondary N) is 1. The zero-order valence-electron chi connectivity index (χ0n) is 13.3. The highest BCUT2D eigenvalue weighted by Gasteiger charge is 2.17. The van der Waals surface area contributed by atoms with Gasteiger partial charge in [-0.15, -0.1) is 11.3 Å². The average Bonchev–Trinajstić information content (AvgIpc) is 2.89. The summed E-state index contributed by atoms with van der Waals surface area (Å²) in [7, 11) is 0. The minimum absolute atomic E-state index is 0.311. The van der Waals surface area contributed by atoms with E-state index in [0.717, 1.165) is 21.2 Å². The predicted octanol–water partition coefficient (Wildman–Crippen LogP) is 4.60. The number of amides is 1. The van der Waals surface area contributed by atoms with Crippen LogP contribution in [0.3, 0.4) is 0 Å². The molecule has 0 bridgehead atoms. The molecule has 1 amide bonds. The van der Waals surface area contributed by atoms with E-state index in [4.69, 9.17) is 17.3 Å². The van der Waals surface area contributed by atoms with Crippen LogP contribution in [0.15, 0.2) is 47.6 Å². The molecule has 4 nitrogen and oxygen atoms in total. The standard InChI is InChI=1S/C18H16ClN3OS/c1-10-3-8-14-15(9-10)24-17(16(14)19)18(23)22-21-11(2)12-4-6-13(20)7-5-12/h3-9H,20H2,1-2H3,(H,22,23). The molecule has 0 saturated heterocycles. The Morgan fingerprint density at radius 3 is 2.62 bits per heavy atom. The van der Waals surface area contributed by atoms with E-state index in [1.165, 1.54) is 11.3 Å². The van der Waals surface area contributed by atoms with Crippen molar-refractivity contribution in [1.82, 2.24) is 5.43 Å². The van der Waals surface area contributed by atoms with Crippen LogP contribution in [0.4, 0.5) is 5.69 Å². The van der Waals surface area contributed by atoms with E-state index in [0.29, 0.717) is 21.3 Å². The van der Waals surface area contributed by atoms with Gasteiger partial charge in [-0.1, -0.05) is 35.9 Å². The third-order valence-electron chi connectivity index (χ3n) is 3.64. The van der Waals surface area contributed by atoms with E-state index in [9.17, 15) is 4.79 Å². The summed E-state index contributed by atoms with van der Waals surface area (Å²) in [5.41, 5.74) is 11.6. The normalized spacial score (nSPS) is 11.7. The van der Waals surface area contributed by atoms with Gasteiger partial charge < -0.3 is 5.73 Å². The van der Waals surface area contributed by atoms with Gasteiger partial charge in [0.2, 0.25) is 0 Å². The number of carbonyl (C=O) groups is 1.